The highest BCUT2D eigenvalue weighted by Gasteiger charge is 2.31. The maximum atomic E-state index is 11.5. The van der Waals surface area contributed by atoms with Crippen LogP contribution in [0.1, 0.15) is 25.7 Å². The number of fused-ring (bicyclic) bond motifs is 2. The van der Waals surface area contributed by atoms with Crippen LogP contribution in [-0.4, -0.2) is 29.2 Å². The number of halogens is 1. The largest absolute Gasteiger partial charge is 0.341 e. The molecule has 1 aliphatic carbocycles. The summed E-state index contributed by atoms with van der Waals surface area (Å²) in [5.41, 5.74) is 0. The Bertz CT molecular complexity index is 195. The highest BCUT2D eigenvalue weighted by atomic mass is 79.9. The van der Waals surface area contributed by atoms with E-state index in [2.05, 4.69) is 15.9 Å². The van der Waals surface area contributed by atoms with Crippen LogP contribution < -0.4 is 0 Å². The van der Waals surface area contributed by atoms with Crippen molar-refractivity contribution in [2.45, 2.75) is 25.7 Å². The second-order valence-electron chi connectivity index (χ2n) is 4.33. The lowest BCUT2D eigenvalue weighted by atomic mass is 9.78. The third-order valence-corrected chi connectivity index (χ3v) is 3.80. The Labute approximate surface area is 87.8 Å². The molecule has 0 aromatic heterocycles. The Hall–Kier alpha value is -0.0500. The molecule has 2 bridgehead atoms. The van der Waals surface area contributed by atoms with Gasteiger partial charge in [0.1, 0.15) is 0 Å². The summed E-state index contributed by atoms with van der Waals surface area (Å²) in [6.45, 7) is 2.03. The Morgan fingerprint density at radius 3 is 2.46 bits per heavy atom. The zero-order valence-corrected chi connectivity index (χ0v) is 9.42. The minimum atomic E-state index is 0.275. The first-order valence-electron chi connectivity index (χ1n) is 5.13. The van der Waals surface area contributed by atoms with Gasteiger partial charge in [-0.2, -0.15) is 0 Å². The number of piperidine rings is 1. The van der Waals surface area contributed by atoms with Gasteiger partial charge in [0, 0.05) is 13.1 Å². The molecule has 0 aromatic carbocycles. The number of alkyl halides is 1. The number of amides is 1. The van der Waals surface area contributed by atoms with E-state index in [1.165, 1.54) is 25.7 Å². The average Bonchev–Trinajstić information content (AvgIpc) is 2.16. The fourth-order valence-electron chi connectivity index (χ4n) is 2.72. The zero-order chi connectivity index (χ0) is 9.26. The van der Waals surface area contributed by atoms with E-state index < -0.39 is 0 Å². The summed E-state index contributed by atoms with van der Waals surface area (Å²) < 4.78 is 0. The summed E-state index contributed by atoms with van der Waals surface area (Å²) in [7, 11) is 0. The van der Waals surface area contributed by atoms with E-state index in [1.54, 1.807) is 0 Å². The summed E-state index contributed by atoms with van der Waals surface area (Å²) in [4.78, 5) is 13.5. The van der Waals surface area contributed by atoms with Gasteiger partial charge in [0.05, 0.1) is 5.33 Å². The van der Waals surface area contributed by atoms with Crippen LogP contribution in [0.2, 0.25) is 0 Å². The first-order chi connectivity index (χ1) is 6.29. The van der Waals surface area contributed by atoms with Crippen molar-refractivity contribution in [3.05, 3.63) is 0 Å². The van der Waals surface area contributed by atoms with Gasteiger partial charge in [-0.05, 0) is 31.1 Å². The number of nitrogens with zero attached hydrogens (tertiary/aromatic N) is 1. The molecule has 1 amide bonds. The predicted molar refractivity (Wildman–Crippen MR) is 55.8 cm³/mol. The van der Waals surface area contributed by atoms with Gasteiger partial charge in [-0.1, -0.05) is 22.4 Å². The molecular weight excluding hydrogens is 230 g/mol. The maximum absolute atomic E-state index is 11.5. The molecule has 2 atom stereocenters. The number of rotatable bonds is 1. The molecular formula is C10H16BrNO. The Balaban J connectivity index is 1.97. The Morgan fingerprint density at radius 2 is 1.92 bits per heavy atom. The molecule has 0 radical (unpaired) electrons. The van der Waals surface area contributed by atoms with Crippen molar-refractivity contribution in [3.63, 3.8) is 0 Å². The van der Waals surface area contributed by atoms with Crippen molar-refractivity contribution < 1.29 is 4.79 Å². The van der Waals surface area contributed by atoms with Gasteiger partial charge in [0.2, 0.25) is 5.91 Å². The van der Waals surface area contributed by atoms with E-state index in [0.29, 0.717) is 5.33 Å². The average molecular weight is 246 g/mol. The van der Waals surface area contributed by atoms with Gasteiger partial charge in [-0.3, -0.25) is 4.79 Å². The third-order valence-electron chi connectivity index (χ3n) is 3.32. The summed E-state index contributed by atoms with van der Waals surface area (Å²) in [5, 5.41) is 0.492. The minimum absolute atomic E-state index is 0.275. The number of hydrogen-bond donors (Lipinski definition) is 0. The maximum Gasteiger partial charge on any atom is 0.233 e. The quantitative estimate of drug-likeness (QED) is 0.648. The molecule has 2 unspecified atom stereocenters. The number of hydrogen-bond acceptors (Lipinski definition) is 1. The van der Waals surface area contributed by atoms with Crippen LogP contribution in [0.3, 0.4) is 0 Å². The van der Waals surface area contributed by atoms with Crippen molar-refractivity contribution in [1.82, 2.24) is 4.90 Å². The van der Waals surface area contributed by atoms with Gasteiger partial charge in [-0.15, -0.1) is 0 Å². The topological polar surface area (TPSA) is 20.3 Å². The molecule has 1 saturated heterocycles. The molecule has 0 spiro atoms. The van der Waals surface area contributed by atoms with Gasteiger partial charge >= 0.3 is 0 Å². The van der Waals surface area contributed by atoms with Crippen molar-refractivity contribution in [1.29, 1.82) is 0 Å². The molecule has 2 rings (SSSR count). The van der Waals surface area contributed by atoms with Crippen molar-refractivity contribution in [2.75, 3.05) is 18.4 Å². The van der Waals surface area contributed by atoms with E-state index in [1.807, 2.05) is 4.90 Å². The van der Waals surface area contributed by atoms with E-state index in [4.69, 9.17) is 0 Å². The standard InChI is InChI=1S/C10H16BrNO/c11-5-10(13)12-6-8-2-1-3-9(4-8)7-12/h8-9H,1-7H2. The van der Waals surface area contributed by atoms with Crippen LogP contribution in [0.5, 0.6) is 0 Å². The summed E-state index contributed by atoms with van der Waals surface area (Å²) in [6, 6.07) is 0. The number of likely N-dealkylation sites (tertiary alicyclic amines) is 1. The SMILES string of the molecule is O=C(CBr)N1CC2CCCC(C2)C1. The highest BCUT2D eigenvalue weighted by molar-refractivity contribution is 9.09. The predicted octanol–water partition coefficient (Wildman–Crippen LogP) is 2.03. The molecule has 1 saturated carbocycles. The molecule has 2 fully saturated rings. The molecule has 74 valence electrons. The van der Waals surface area contributed by atoms with E-state index in [0.717, 1.165) is 24.9 Å². The van der Waals surface area contributed by atoms with Crippen LogP contribution in [0.25, 0.3) is 0 Å². The molecule has 0 aromatic rings. The lowest BCUT2D eigenvalue weighted by Crippen LogP contribution is -2.46. The highest BCUT2D eigenvalue weighted by Crippen LogP contribution is 2.34. The normalized spacial score (nSPS) is 33.2. The second-order valence-corrected chi connectivity index (χ2v) is 4.89. The number of carbonyl (C=O) groups is 1. The van der Waals surface area contributed by atoms with Gasteiger partial charge in [-0.25, -0.2) is 0 Å². The van der Waals surface area contributed by atoms with E-state index >= 15 is 0 Å². The van der Waals surface area contributed by atoms with E-state index in [-0.39, 0.29) is 5.91 Å². The molecule has 13 heavy (non-hydrogen) atoms. The van der Waals surface area contributed by atoms with Crippen LogP contribution in [-0.2, 0) is 4.79 Å². The van der Waals surface area contributed by atoms with Gasteiger partial charge in [0.15, 0.2) is 0 Å². The van der Waals surface area contributed by atoms with Crippen molar-refractivity contribution in [3.8, 4) is 0 Å². The van der Waals surface area contributed by atoms with Crippen molar-refractivity contribution in [2.24, 2.45) is 11.8 Å². The lowest BCUT2D eigenvalue weighted by molar-refractivity contribution is -0.131. The van der Waals surface area contributed by atoms with Gasteiger partial charge < -0.3 is 4.90 Å². The van der Waals surface area contributed by atoms with Crippen LogP contribution >= 0.6 is 15.9 Å². The summed E-state index contributed by atoms with van der Waals surface area (Å²) in [6.07, 6.45) is 5.42. The summed E-state index contributed by atoms with van der Waals surface area (Å²) in [5.74, 6) is 1.88. The minimum Gasteiger partial charge on any atom is -0.341 e. The third kappa shape index (κ3) is 2.06. The molecule has 3 heteroatoms. The van der Waals surface area contributed by atoms with E-state index in [9.17, 15) is 4.79 Å². The molecule has 1 heterocycles. The molecule has 1 aliphatic heterocycles. The smallest absolute Gasteiger partial charge is 0.233 e. The molecule has 2 nitrogen and oxygen atoms in total. The fourth-order valence-corrected chi connectivity index (χ4v) is 3.07. The number of carbonyl (C=O) groups excluding carboxylic acids is 1. The summed E-state index contributed by atoms with van der Waals surface area (Å²) >= 11 is 3.24. The Kier molecular flexibility index (Phi) is 2.92. The monoisotopic (exact) mass is 245 g/mol. The van der Waals surface area contributed by atoms with Crippen molar-refractivity contribution >= 4 is 21.8 Å². The fraction of sp³-hybridized carbons (Fsp3) is 0.900. The molecule has 2 aliphatic rings. The van der Waals surface area contributed by atoms with Crippen LogP contribution in [0, 0.1) is 11.8 Å². The first-order valence-corrected chi connectivity index (χ1v) is 6.25. The van der Waals surface area contributed by atoms with Crippen LogP contribution in [0.15, 0.2) is 0 Å². The lowest BCUT2D eigenvalue weighted by Gasteiger charge is -2.41. The first kappa shape index (κ1) is 9.50. The van der Waals surface area contributed by atoms with Crippen LogP contribution in [0.4, 0.5) is 0 Å². The van der Waals surface area contributed by atoms with Gasteiger partial charge in [0.25, 0.3) is 0 Å². The molecule has 0 N–H and O–H groups in total. The zero-order valence-electron chi connectivity index (χ0n) is 7.84. The Morgan fingerprint density at radius 1 is 1.31 bits per heavy atom. The second kappa shape index (κ2) is 3.99.